The Morgan fingerprint density at radius 2 is 1.81 bits per heavy atom. The molecule has 0 amide bonds. The summed E-state index contributed by atoms with van der Waals surface area (Å²) >= 11 is 0. The van der Waals surface area contributed by atoms with Crippen LogP contribution in [0.3, 0.4) is 0 Å². The van der Waals surface area contributed by atoms with E-state index in [1.54, 1.807) is 0 Å². The highest BCUT2D eigenvalue weighted by Gasteiger charge is 2.21. The summed E-state index contributed by atoms with van der Waals surface area (Å²) in [5.41, 5.74) is -0.432. The van der Waals surface area contributed by atoms with Crippen molar-refractivity contribution in [3.8, 4) is 5.75 Å². The van der Waals surface area contributed by atoms with Crippen molar-refractivity contribution in [2.45, 2.75) is 39.2 Å². The van der Waals surface area contributed by atoms with E-state index < -0.39 is 5.60 Å². The van der Waals surface area contributed by atoms with E-state index in [0.717, 1.165) is 23.6 Å². The van der Waals surface area contributed by atoms with Gasteiger partial charge in [-0.1, -0.05) is 43.7 Å². The van der Waals surface area contributed by atoms with Crippen molar-refractivity contribution in [3.05, 3.63) is 42.5 Å². The van der Waals surface area contributed by atoms with Crippen LogP contribution in [0.25, 0.3) is 10.8 Å². The van der Waals surface area contributed by atoms with Crippen LogP contribution < -0.4 is 4.74 Å². The molecule has 0 fully saturated rings. The number of rotatable bonds is 6. The van der Waals surface area contributed by atoms with Gasteiger partial charge in [-0.05, 0) is 43.2 Å². The molecule has 0 spiro atoms. The van der Waals surface area contributed by atoms with E-state index in [4.69, 9.17) is 9.47 Å². The maximum atomic E-state index is 11.8. The van der Waals surface area contributed by atoms with Gasteiger partial charge in [-0.25, -0.2) is 4.79 Å². The summed E-state index contributed by atoms with van der Waals surface area (Å²) in [4.78, 5) is 11.8. The number of esters is 1. The second kappa shape index (κ2) is 6.61. The van der Waals surface area contributed by atoms with Crippen LogP contribution in [-0.4, -0.2) is 18.2 Å². The largest absolute Gasteiger partial charge is 0.482 e. The smallest absolute Gasteiger partial charge is 0.344 e. The van der Waals surface area contributed by atoms with Crippen LogP contribution in [0, 0.1) is 0 Å². The van der Waals surface area contributed by atoms with Crippen molar-refractivity contribution in [3.63, 3.8) is 0 Å². The maximum absolute atomic E-state index is 11.8. The molecule has 0 saturated heterocycles. The number of carbonyl (C=O) groups excluding carboxylic acids is 1. The minimum Gasteiger partial charge on any atom is -0.482 e. The molecule has 0 aromatic heterocycles. The van der Waals surface area contributed by atoms with Gasteiger partial charge in [0.25, 0.3) is 0 Å². The Labute approximate surface area is 125 Å². The molecular formula is C18H22O3. The Morgan fingerprint density at radius 3 is 2.52 bits per heavy atom. The lowest BCUT2D eigenvalue weighted by molar-refractivity contribution is -0.159. The van der Waals surface area contributed by atoms with Gasteiger partial charge in [0, 0.05) is 0 Å². The molecule has 0 aliphatic rings. The predicted octanol–water partition coefficient (Wildman–Crippen LogP) is 4.34. The van der Waals surface area contributed by atoms with Crippen LogP contribution in [0.5, 0.6) is 5.75 Å². The molecular weight excluding hydrogens is 264 g/mol. The fourth-order valence-electron chi connectivity index (χ4n) is 2.39. The van der Waals surface area contributed by atoms with Crippen LogP contribution in [0.2, 0.25) is 0 Å². The van der Waals surface area contributed by atoms with Crippen molar-refractivity contribution >= 4 is 16.7 Å². The van der Waals surface area contributed by atoms with Gasteiger partial charge in [0.1, 0.15) is 11.4 Å². The van der Waals surface area contributed by atoms with Crippen LogP contribution in [0.15, 0.2) is 42.5 Å². The third-order valence-corrected chi connectivity index (χ3v) is 3.32. The van der Waals surface area contributed by atoms with Crippen molar-refractivity contribution in [1.82, 2.24) is 0 Å². The van der Waals surface area contributed by atoms with Crippen LogP contribution >= 0.6 is 0 Å². The highest BCUT2D eigenvalue weighted by molar-refractivity contribution is 5.83. The van der Waals surface area contributed by atoms with Gasteiger partial charge < -0.3 is 9.47 Å². The molecule has 3 nitrogen and oxygen atoms in total. The first-order valence-corrected chi connectivity index (χ1v) is 7.33. The number of ether oxygens (including phenoxy) is 2. The van der Waals surface area contributed by atoms with Gasteiger partial charge >= 0.3 is 5.97 Å². The van der Waals surface area contributed by atoms with E-state index in [1.807, 2.05) is 56.3 Å². The summed E-state index contributed by atoms with van der Waals surface area (Å²) in [5.74, 6) is 0.348. The van der Waals surface area contributed by atoms with E-state index >= 15 is 0 Å². The minimum atomic E-state index is -0.432. The third kappa shape index (κ3) is 4.48. The molecule has 3 heteroatoms. The van der Waals surface area contributed by atoms with Crippen molar-refractivity contribution in [2.75, 3.05) is 6.61 Å². The first kappa shape index (κ1) is 15.4. The molecule has 2 aromatic carbocycles. The van der Waals surface area contributed by atoms with Gasteiger partial charge in [-0.15, -0.1) is 0 Å². The molecule has 0 aliphatic heterocycles. The Hall–Kier alpha value is -2.03. The summed E-state index contributed by atoms with van der Waals surface area (Å²) in [5, 5.41) is 2.24. The molecule has 0 unspecified atom stereocenters. The van der Waals surface area contributed by atoms with Crippen molar-refractivity contribution < 1.29 is 14.3 Å². The van der Waals surface area contributed by atoms with Crippen LogP contribution in [-0.2, 0) is 9.53 Å². The SMILES string of the molecule is CCCC(C)(C)OC(=O)COc1ccc2ccccc2c1. The Morgan fingerprint density at radius 1 is 1.10 bits per heavy atom. The summed E-state index contributed by atoms with van der Waals surface area (Å²) < 4.78 is 10.9. The summed E-state index contributed by atoms with van der Waals surface area (Å²) in [6.07, 6.45) is 1.82. The summed E-state index contributed by atoms with van der Waals surface area (Å²) in [6, 6.07) is 13.8. The lowest BCUT2D eigenvalue weighted by Crippen LogP contribution is -2.30. The molecule has 0 saturated carbocycles. The number of fused-ring (bicyclic) bond motifs is 1. The molecule has 112 valence electrons. The van der Waals surface area contributed by atoms with Crippen LogP contribution in [0.4, 0.5) is 0 Å². The highest BCUT2D eigenvalue weighted by atomic mass is 16.6. The van der Waals surface area contributed by atoms with Gasteiger partial charge in [0.05, 0.1) is 0 Å². The molecule has 0 bridgehead atoms. The molecule has 0 heterocycles. The molecule has 2 aromatic rings. The number of hydrogen-bond donors (Lipinski definition) is 0. The van der Waals surface area contributed by atoms with Crippen LogP contribution in [0.1, 0.15) is 33.6 Å². The second-order valence-electron chi connectivity index (χ2n) is 5.78. The first-order chi connectivity index (χ1) is 10.00. The average Bonchev–Trinajstić information content (AvgIpc) is 2.44. The van der Waals surface area contributed by atoms with E-state index in [1.165, 1.54) is 0 Å². The normalized spacial score (nSPS) is 11.4. The predicted molar refractivity (Wildman–Crippen MR) is 84.5 cm³/mol. The number of hydrogen-bond acceptors (Lipinski definition) is 3. The summed E-state index contributed by atoms with van der Waals surface area (Å²) in [6.45, 7) is 5.85. The Bertz CT molecular complexity index is 617. The van der Waals surface area contributed by atoms with Gasteiger partial charge in [0.15, 0.2) is 6.61 Å². The van der Waals surface area contributed by atoms with Gasteiger partial charge in [-0.3, -0.25) is 0 Å². The lowest BCUT2D eigenvalue weighted by atomic mass is 10.0. The molecule has 2 rings (SSSR count). The molecule has 0 aliphatic carbocycles. The Kier molecular flexibility index (Phi) is 4.84. The Balaban J connectivity index is 1.93. The first-order valence-electron chi connectivity index (χ1n) is 7.33. The van der Waals surface area contributed by atoms with E-state index in [0.29, 0.717) is 5.75 Å². The molecule has 0 N–H and O–H groups in total. The fraction of sp³-hybridized carbons (Fsp3) is 0.389. The summed E-state index contributed by atoms with van der Waals surface area (Å²) in [7, 11) is 0. The number of carbonyl (C=O) groups is 1. The third-order valence-electron chi connectivity index (χ3n) is 3.32. The molecule has 21 heavy (non-hydrogen) atoms. The quantitative estimate of drug-likeness (QED) is 0.741. The van der Waals surface area contributed by atoms with Crippen molar-refractivity contribution in [1.29, 1.82) is 0 Å². The van der Waals surface area contributed by atoms with E-state index in [-0.39, 0.29) is 12.6 Å². The zero-order valence-corrected chi connectivity index (χ0v) is 12.9. The molecule has 0 radical (unpaired) electrons. The zero-order valence-electron chi connectivity index (χ0n) is 12.9. The molecule has 0 atom stereocenters. The average molecular weight is 286 g/mol. The zero-order chi connectivity index (χ0) is 15.3. The van der Waals surface area contributed by atoms with E-state index in [2.05, 4.69) is 6.92 Å². The van der Waals surface area contributed by atoms with Crippen molar-refractivity contribution in [2.24, 2.45) is 0 Å². The van der Waals surface area contributed by atoms with Gasteiger partial charge in [0.2, 0.25) is 0 Å². The van der Waals surface area contributed by atoms with E-state index in [9.17, 15) is 4.79 Å². The standard InChI is InChI=1S/C18H22O3/c1-4-11-18(2,3)21-17(19)13-20-16-10-9-14-7-5-6-8-15(14)12-16/h5-10,12H,4,11,13H2,1-3H3. The monoisotopic (exact) mass is 286 g/mol. The van der Waals surface area contributed by atoms with Gasteiger partial charge in [-0.2, -0.15) is 0 Å². The highest BCUT2D eigenvalue weighted by Crippen LogP contribution is 2.21. The second-order valence-corrected chi connectivity index (χ2v) is 5.78. The fourth-order valence-corrected chi connectivity index (χ4v) is 2.39. The number of benzene rings is 2. The lowest BCUT2D eigenvalue weighted by Gasteiger charge is -2.24. The topological polar surface area (TPSA) is 35.5 Å². The minimum absolute atomic E-state index is 0.0640. The maximum Gasteiger partial charge on any atom is 0.344 e.